The van der Waals surface area contributed by atoms with Crippen LogP contribution in [-0.2, 0) is 13.0 Å². The highest BCUT2D eigenvalue weighted by atomic mass is 35.5. The molecule has 0 aromatic carbocycles. The van der Waals surface area contributed by atoms with Gasteiger partial charge in [-0.05, 0) is 12.1 Å². The number of nitriles is 1. The summed E-state index contributed by atoms with van der Waals surface area (Å²) in [7, 11) is 0. The Kier molecular flexibility index (Phi) is 5.12. The van der Waals surface area contributed by atoms with Crippen molar-refractivity contribution in [2.45, 2.75) is 13.0 Å². The zero-order chi connectivity index (χ0) is 11.2. The first-order chi connectivity index (χ1) is 7.88. The van der Waals surface area contributed by atoms with Crippen LogP contribution in [0.5, 0.6) is 0 Å². The molecule has 86 valence electrons. The average molecular weight is 246 g/mol. The molecule has 0 unspecified atom stereocenters. The van der Waals surface area contributed by atoms with Gasteiger partial charge in [0.05, 0.1) is 11.6 Å². The number of hydrogen-bond acceptors (Lipinski definition) is 2. The molecule has 0 aliphatic heterocycles. The van der Waals surface area contributed by atoms with Gasteiger partial charge in [-0.3, -0.25) is 4.98 Å². The molecule has 0 aliphatic carbocycles. The van der Waals surface area contributed by atoms with Gasteiger partial charge in [-0.15, -0.1) is 0 Å². The highest BCUT2D eigenvalue weighted by Crippen LogP contribution is 1.95. The van der Waals surface area contributed by atoms with E-state index in [1.54, 1.807) is 6.20 Å². The molecule has 0 radical (unpaired) electrons. The zero-order valence-electron chi connectivity index (χ0n) is 9.25. The minimum Gasteiger partial charge on any atom is -1.00 e. The Morgan fingerprint density at radius 1 is 1.18 bits per heavy atom. The van der Waals surface area contributed by atoms with Gasteiger partial charge < -0.3 is 12.4 Å². The number of halogens is 1. The van der Waals surface area contributed by atoms with Crippen molar-refractivity contribution in [3.05, 3.63) is 60.2 Å². The van der Waals surface area contributed by atoms with E-state index in [2.05, 4.69) is 15.6 Å². The number of hydrogen-bond donors (Lipinski definition) is 0. The lowest BCUT2D eigenvalue weighted by Crippen LogP contribution is -3.00. The first-order valence-corrected chi connectivity index (χ1v) is 5.17. The van der Waals surface area contributed by atoms with Crippen LogP contribution in [0.2, 0.25) is 0 Å². The maximum atomic E-state index is 8.67. The summed E-state index contributed by atoms with van der Waals surface area (Å²) in [4.78, 5) is 4.26. The third-order valence-corrected chi connectivity index (χ3v) is 2.37. The summed E-state index contributed by atoms with van der Waals surface area (Å²) < 4.78 is 2.05. The van der Waals surface area contributed by atoms with Gasteiger partial charge in [-0.25, -0.2) is 4.57 Å². The number of rotatable bonds is 3. The average Bonchev–Trinajstić information content (AvgIpc) is 2.38. The summed E-state index contributed by atoms with van der Waals surface area (Å²) in [6.45, 7) is 0.878. The quantitative estimate of drug-likeness (QED) is 0.617. The summed E-state index contributed by atoms with van der Waals surface area (Å²) in [6, 6.07) is 11.7. The normalized spacial score (nSPS) is 9.12. The fourth-order valence-electron chi connectivity index (χ4n) is 1.47. The predicted molar refractivity (Wildman–Crippen MR) is 59.3 cm³/mol. The van der Waals surface area contributed by atoms with Crippen LogP contribution in [-0.4, -0.2) is 4.98 Å². The smallest absolute Gasteiger partial charge is 0.170 e. The predicted octanol–water partition coefficient (Wildman–Crippen LogP) is -1.51. The second kappa shape index (κ2) is 6.62. The van der Waals surface area contributed by atoms with Crippen LogP contribution in [0.3, 0.4) is 0 Å². The Morgan fingerprint density at radius 3 is 2.53 bits per heavy atom. The van der Waals surface area contributed by atoms with E-state index >= 15 is 0 Å². The Labute approximate surface area is 107 Å². The summed E-state index contributed by atoms with van der Waals surface area (Å²) in [5, 5.41) is 8.67. The van der Waals surface area contributed by atoms with Gasteiger partial charge in [-0.1, -0.05) is 6.07 Å². The lowest BCUT2D eigenvalue weighted by Gasteiger charge is -1.97. The molecule has 2 aromatic heterocycles. The lowest BCUT2D eigenvalue weighted by molar-refractivity contribution is -0.696. The minimum absolute atomic E-state index is 0. The van der Waals surface area contributed by atoms with E-state index in [0.717, 1.165) is 18.7 Å². The van der Waals surface area contributed by atoms with Crippen LogP contribution in [0.4, 0.5) is 0 Å². The van der Waals surface area contributed by atoms with E-state index in [1.807, 2.05) is 42.7 Å². The van der Waals surface area contributed by atoms with Crippen molar-refractivity contribution in [3.63, 3.8) is 0 Å². The molecule has 2 aromatic rings. The number of aryl methyl sites for hydroxylation is 2. The minimum atomic E-state index is 0. The molecule has 0 fully saturated rings. The van der Waals surface area contributed by atoms with Crippen molar-refractivity contribution >= 4 is 0 Å². The molecule has 0 saturated heterocycles. The zero-order valence-corrected chi connectivity index (χ0v) is 10.0. The number of pyridine rings is 2. The van der Waals surface area contributed by atoms with Gasteiger partial charge in [0.25, 0.3) is 0 Å². The fourth-order valence-corrected chi connectivity index (χ4v) is 1.47. The molecule has 3 nitrogen and oxygen atoms in total. The van der Waals surface area contributed by atoms with E-state index in [0.29, 0.717) is 5.56 Å². The van der Waals surface area contributed by atoms with Crippen LogP contribution < -0.4 is 17.0 Å². The Bertz CT molecular complexity index is 488. The topological polar surface area (TPSA) is 40.6 Å². The Morgan fingerprint density at radius 2 is 1.94 bits per heavy atom. The molecular formula is C13H12ClN3. The summed E-state index contributed by atoms with van der Waals surface area (Å²) in [6.07, 6.45) is 6.54. The fraction of sp³-hybridized carbons (Fsp3) is 0.154. The van der Waals surface area contributed by atoms with Crippen molar-refractivity contribution in [1.29, 1.82) is 5.26 Å². The second-order valence-corrected chi connectivity index (χ2v) is 3.51. The number of aromatic nitrogens is 2. The first kappa shape index (κ1) is 13.1. The summed E-state index contributed by atoms with van der Waals surface area (Å²) in [5.41, 5.74) is 1.77. The Balaban J connectivity index is 0.00000144. The van der Waals surface area contributed by atoms with Crippen LogP contribution in [0.25, 0.3) is 0 Å². The van der Waals surface area contributed by atoms with Gasteiger partial charge in [0, 0.05) is 30.4 Å². The molecule has 0 aliphatic rings. The first-order valence-electron chi connectivity index (χ1n) is 5.17. The van der Waals surface area contributed by atoms with E-state index < -0.39 is 0 Å². The summed E-state index contributed by atoms with van der Waals surface area (Å²) >= 11 is 0. The summed E-state index contributed by atoms with van der Waals surface area (Å²) in [5.74, 6) is 0. The molecule has 0 amide bonds. The molecule has 0 spiro atoms. The highest BCUT2D eigenvalue weighted by molar-refractivity contribution is 5.23. The largest absolute Gasteiger partial charge is 1.00 e. The molecule has 4 heteroatoms. The molecule has 0 saturated carbocycles. The maximum Gasteiger partial charge on any atom is 0.170 e. The standard InChI is InChI=1S/C13H12N3.ClH/c14-11-12-4-8-16(9-5-12)10-6-13-3-1-2-7-15-13;/h1-5,7-9H,6,10H2;1H/q+1;/p-1. The molecule has 0 N–H and O–H groups in total. The van der Waals surface area contributed by atoms with E-state index in [1.165, 1.54) is 0 Å². The number of nitrogens with zero attached hydrogens (tertiary/aromatic N) is 3. The molecule has 0 atom stereocenters. The molecular weight excluding hydrogens is 234 g/mol. The molecule has 2 heterocycles. The monoisotopic (exact) mass is 245 g/mol. The van der Waals surface area contributed by atoms with E-state index in [4.69, 9.17) is 5.26 Å². The van der Waals surface area contributed by atoms with Crippen molar-refractivity contribution in [2.75, 3.05) is 0 Å². The lowest BCUT2D eigenvalue weighted by atomic mass is 10.2. The van der Waals surface area contributed by atoms with Gasteiger partial charge in [0.15, 0.2) is 18.9 Å². The Hall–Kier alpha value is -1.92. The molecule has 17 heavy (non-hydrogen) atoms. The third kappa shape index (κ3) is 3.86. The van der Waals surface area contributed by atoms with Crippen molar-refractivity contribution in [1.82, 2.24) is 4.98 Å². The molecule has 0 bridgehead atoms. The van der Waals surface area contributed by atoms with Gasteiger partial charge in [-0.2, -0.15) is 5.26 Å². The third-order valence-electron chi connectivity index (χ3n) is 2.37. The van der Waals surface area contributed by atoms with Crippen LogP contribution in [0, 0.1) is 11.3 Å². The van der Waals surface area contributed by atoms with Crippen LogP contribution in [0.1, 0.15) is 11.3 Å². The van der Waals surface area contributed by atoms with Gasteiger partial charge >= 0.3 is 0 Å². The van der Waals surface area contributed by atoms with E-state index in [-0.39, 0.29) is 12.4 Å². The second-order valence-electron chi connectivity index (χ2n) is 3.51. The molecule has 2 rings (SSSR count). The van der Waals surface area contributed by atoms with Gasteiger partial charge in [0.1, 0.15) is 0 Å². The highest BCUT2D eigenvalue weighted by Gasteiger charge is 2.01. The van der Waals surface area contributed by atoms with E-state index in [9.17, 15) is 0 Å². The van der Waals surface area contributed by atoms with Crippen LogP contribution >= 0.6 is 0 Å². The van der Waals surface area contributed by atoms with Crippen molar-refractivity contribution in [3.8, 4) is 6.07 Å². The van der Waals surface area contributed by atoms with Gasteiger partial charge in [0.2, 0.25) is 0 Å². The maximum absolute atomic E-state index is 8.67. The van der Waals surface area contributed by atoms with Crippen molar-refractivity contribution < 1.29 is 17.0 Å². The van der Waals surface area contributed by atoms with Crippen molar-refractivity contribution in [2.24, 2.45) is 0 Å². The SMILES string of the molecule is N#Cc1cc[n+](CCc2ccccn2)cc1.[Cl-]. The van der Waals surface area contributed by atoms with Crippen LogP contribution in [0.15, 0.2) is 48.9 Å².